The van der Waals surface area contributed by atoms with Crippen LogP contribution in [0.4, 0.5) is 0 Å². The Morgan fingerprint density at radius 3 is 2.47 bits per heavy atom. The van der Waals surface area contributed by atoms with Crippen molar-refractivity contribution < 1.29 is 9.57 Å². The van der Waals surface area contributed by atoms with Crippen LogP contribution in [0.15, 0.2) is 57.2 Å². The predicted molar refractivity (Wildman–Crippen MR) is 121 cm³/mol. The third-order valence-electron chi connectivity index (χ3n) is 4.82. The second-order valence-corrected chi connectivity index (χ2v) is 7.61. The van der Waals surface area contributed by atoms with Crippen LogP contribution in [0.3, 0.4) is 0 Å². The Hall–Kier alpha value is -4.12. The number of benzene rings is 2. The van der Waals surface area contributed by atoms with Crippen LogP contribution < -0.4 is 16.0 Å². The van der Waals surface area contributed by atoms with Crippen molar-refractivity contribution >= 4 is 5.71 Å². The number of nitriles is 1. The molecule has 164 valence electrons. The average Bonchev–Trinajstić information content (AvgIpc) is 2.75. The van der Waals surface area contributed by atoms with Gasteiger partial charge in [0.15, 0.2) is 0 Å². The molecule has 8 heteroatoms. The molecule has 0 atom stereocenters. The van der Waals surface area contributed by atoms with Gasteiger partial charge in [-0.25, -0.2) is 4.79 Å². The van der Waals surface area contributed by atoms with Gasteiger partial charge in [-0.05, 0) is 54.3 Å². The van der Waals surface area contributed by atoms with E-state index in [4.69, 9.17) is 9.57 Å². The highest BCUT2D eigenvalue weighted by molar-refractivity contribution is 6.12. The molecule has 0 bridgehead atoms. The van der Waals surface area contributed by atoms with E-state index in [-0.39, 0.29) is 23.9 Å². The van der Waals surface area contributed by atoms with E-state index in [2.05, 4.69) is 21.2 Å². The Morgan fingerprint density at radius 1 is 1.12 bits per heavy atom. The van der Waals surface area contributed by atoms with Gasteiger partial charge in [-0.3, -0.25) is 9.78 Å². The fourth-order valence-electron chi connectivity index (χ4n) is 3.35. The van der Waals surface area contributed by atoms with E-state index >= 15 is 0 Å². The molecule has 1 heterocycles. The number of ether oxygens (including phenoxy) is 1. The van der Waals surface area contributed by atoms with E-state index in [0.717, 1.165) is 16.9 Å². The Morgan fingerprint density at radius 2 is 1.84 bits per heavy atom. The number of hydrogen-bond donors (Lipinski definition) is 2. The van der Waals surface area contributed by atoms with Gasteiger partial charge in [0.05, 0.1) is 24.4 Å². The lowest BCUT2D eigenvalue weighted by Crippen LogP contribution is -2.31. The van der Waals surface area contributed by atoms with E-state index in [1.807, 2.05) is 51.1 Å². The minimum absolute atomic E-state index is 0.162. The van der Waals surface area contributed by atoms with Crippen LogP contribution in [-0.4, -0.2) is 22.8 Å². The number of H-pyrrole nitrogens is 2. The molecule has 0 aliphatic rings. The number of aromatic amines is 2. The molecule has 0 amide bonds. The Bertz CT molecular complexity index is 1300. The van der Waals surface area contributed by atoms with Crippen LogP contribution in [0.25, 0.3) is 0 Å². The molecule has 3 rings (SSSR count). The number of aromatic nitrogens is 2. The van der Waals surface area contributed by atoms with Gasteiger partial charge < -0.3 is 14.6 Å². The van der Waals surface area contributed by atoms with Crippen LogP contribution in [-0.2, 0) is 11.4 Å². The summed E-state index contributed by atoms with van der Waals surface area (Å²) in [6, 6.07) is 14.7. The molecule has 1 aromatic heterocycles. The zero-order valence-corrected chi connectivity index (χ0v) is 18.4. The first-order valence-corrected chi connectivity index (χ1v) is 10.0. The fraction of sp³-hybridized carbons (Fsp3) is 0.250. The quantitative estimate of drug-likeness (QED) is 0.438. The lowest BCUT2D eigenvalue weighted by Gasteiger charge is -2.14. The molecule has 32 heavy (non-hydrogen) atoms. The van der Waals surface area contributed by atoms with Gasteiger partial charge in [0, 0.05) is 11.1 Å². The number of oxime groups is 1. The van der Waals surface area contributed by atoms with E-state index in [9.17, 15) is 14.9 Å². The molecule has 2 aromatic carbocycles. The fourth-order valence-corrected chi connectivity index (χ4v) is 3.35. The minimum Gasteiger partial charge on any atom is -0.497 e. The van der Waals surface area contributed by atoms with Gasteiger partial charge in [-0.1, -0.05) is 31.1 Å². The monoisotopic (exact) mass is 432 g/mol. The summed E-state index contributed by atoms with van der Waals surface area (Å²) in [5.74, 6) is 0.530. The van der Waals surface area contributed by atoms with Crippen LogP contribution in [0.1, 0.15) is 53.3 Å². The van der Waals surface area contributed by atoms with Crippen molar-refractivity contribution in [2.45, 2.75) is 33.3 Å². The summed E-state index contributed by atoms with van der Waals surface area (Å²) in [5.41, 5.74) is 2.44. The molecule has 8 nitrogen and oxygen atoms in total. The van der Waals surface area contributed by atoms with Crippen molar-refractivity contribution in [3.05, 3.63) is 96.8 Å². The first-order chi connectivity index (χ1) is 15.3. The van der Waals surface area contributed by atoms with Crippen molar-refractivity contribution in [1.82, 2.24) is 9.97 Å². The van der Waals surface area contributed by atoms with Gasteiger partial charge in [0.1, 0.15) is 18.1 Å². The summed E-state index contributed by atoms with van der Waals surface area (Å²) in [6.07, 6.45) is 0. The molecule has 0 unspecified atom stereocenters. The summed E-state index contributed by atoms with van der Waals surface area (Å²) in [5, 5.41) is 13.7. The SMILES string of the molecule is COc1ccc(CO/N=C(/c2cc(C)cc(C#N)c2)c2[nH]c(=O)[nH]c(=O)c2C(C)C)cc1. The van der Waals surface area contributed by atoms with Gasteiger partial charge >= 0.3 is 5.69 Å². The number of methoxy groups -OCH3 is 1. The molecule has 0 aliphatic carbocycles. The van der Waals surface area contributed by atoms with Gasteiger partial charge in [-0.15, -0.1) is 0 Å². The largest absolute Gasteiger partial charge is 0.497 e. The van der Waals surface area contributed by atoms with Crippen molar-refractivity contribution in [2.24, 2.45) is 5.16 Å². The molecular formula is C24H24N4O4. The number of hydrogen-bond acceptors (Lipinski definition) is 6. The highest BCUT2D eigenvalue weighted by atomic mass is 16.6. The van der Waals surface area contributed by atoms with Crippen molar-refractivity contribution in [3.63, 3.8) is 0 Å². The Balaban J connectivity index is 2.11. The summed E-state index contributed by atoms with van der Waals surface area (Å²) < 4.78 is 5.16. The van der Waals surface area contributed by atoms with Gasteiger partial charge in [-0.2, -0.15) is 5.26 Å². The molecule has 0 spiro atoms. The molecule has 0 fully saturated rings. The van der Waals surface area contributed by atoms with Crippen LogP contribution in [0.5, 0.6) is 5.75 Å². The standard InChI is InChI=1S/C24H24N4O4/c1-14(2)20-22(26-24(30)27-23(20)29)21(18-10-15(3)9-17(11-18)12-25)28-32-13-16-5-7-19(31-4)8-6-16/h5-11,14H,13H2,1-4H3,(H2,26,27,29,30)/b28-21-. The highest BCUT2D eigenvalue weighted by Crippen LogP contribution is 2.20. The molecule has 0 radical (unpaired) electrons. The lowest BCUT2D eigenvalue weighted by molar-refractivity contribution is 0.130. The topological polar surface area (TPSA) is 120 Å². The average molecular weight is 432 g/mol. The van der Waals surface area contributed by atoms with E-state index < -0.39 is 11.2 Å². The number of nitrogens with zero attached hydrogens (tertiary/aromatic N) is 2. The summed E-state index contributed by atoms with van der Waals surface area (Å²) in [7, 11) is 1.59. The van der Waals surface area contributed by atoms with Crippen LogP contribution in [0.2, 0.25) is 0 Å². The van der Waals surface area contributed by atoms with Crippen LogP contribution >= 0.6 is 0 Å². The first-order valence-electron chi connectivity index (χ1n) is 10.0. The van der Waals surface area contributed by atoms with Crippen molar-refractivity contribution in [2.75, 3.05) is 7.11 Å². The maximum atomic E-state index is 12.5. The van der Waals surface area contributed by atoms with Crippen molar-refractivity contribution in [3.8, 4) is 11.8 Å². The third-order valence-corrected chi connectivity index (χ3v) is 4.82. The van der Waals surface area contributed by atoms with Gasteiger partial charge in [0.25, 0.3) is 5.56 Å². The predicted octanol–water partition coefficient (Wildman–Crippen LogP) is 3.34. The van der Waals surface area contributed by atoms with E-state index in [1.165, 1.54) is 0 Å². The summed E-state index contributed by atoms with van der Waals surface area (Å²) in [4.78, 5) is 35.2. The second-order valence-electron chi connectivity index (χ2n) is 7.61. The van der Waals surface area contributed by atoms with Crippen LogP contribution in [0, 0.1) is 18.3 Å². The second kappa shape index (κ2) is 9.79. The molecule has 2 N–H and O–H groups in total. The highest BCUT2D eigenvalue weighted by Gasteiger charge is 2.20. The summed E-state index contributed by atoms with van der Waals surface area (Å²) in [6.45, 7) is 5.71. The Labute approximate surface area is 185 Å². The normalized spacial score (nSPS) is 11.3. The number of aryl methyl sites for hydroxylation is 1. The smallest absolute Gasteiger partial charge is 0.326 e. The van der Waals surface area contributed by atoms with E-state index in [1.54, 1.807) is 19.2 Å². The maximum absolute atomic E-state index is 12.5. The number of rotatable bonds is 7. The minimum atomic E-state index is -0.648. The number of nitrogens with one attached hydrogen (secondary N) is 2. The molecule has 0 saturated carbocycles. The molecular weight excluding hydrogens is 408 g/mol. The molecule has 0 saturated heterocycles. The summed E-state index contributed by atoms with van der Waals surface area (Å²) >= 11 is 0. The molecule has 0 aliphatic heterocycles. The first kappa shape index (κ1) is 22.6. The lowest BCUT2D eigenvalue weighted by atomic mass is 9.95. The molecule has 3 aromatic rings. The zero-order chi connectivity index (χ0) is 23.3. The Kier molecular flexibility index (Phi) is 6.90. The van der Waals surface area contributed by atoms with Crippen molar-refractivity contribution in [1.29, 1.82) is 5.26 Å². The van der Waals surface area contributed by atoms with Gasteiger partial charge in [0.2, 0.25) is 0 Å². The third kappa shape index (κ3) is 5.13. The maximum Gasteiger partial charge on any atom is 0.326 e. The zero-order valence-electron chi connectivity index (χ0n) is 18.4. The van der Waals surface area contributed by atoms with E-state index in [0.29, 0.717) is 16.7 Å².